The Morgan fingerprint density at radius 1 is 1.43 bits per heavy atom. The highest BCUT2D eigenvalue weighted by atomic mass is 32.1. The van der Waals surface area contributed by atoms with Crippen molar-refractivity contribution in [1.29, 1.82) is 0 Å². The molecule has 1 heterocycles. The maximum Gasteiger partial charge on any atom is 0.243 e. The number of rotatable bonds is 6. The van der Waals surface area contributed by atoms with E-state index >= 15 is 0 Å². The van der Waals surface area contributed by atoms with Gasteiger partial charge >= 0.3 is 0 Å². The number of nitrogens with two attached hydrogens (primary N) is 1. The molecule has 0 aromatic heterocycles. The highest BCUT2D eigenvalue weighted by Gasteiger charge is 2.37. The van der Waals surface area contributed by atoms with Crippen LogP contribution in [0.4, 0.5) is 8.78 Å². The van der Waals surface area contributed by atoms with E-state index in [9.17, 15) is 23.2 Å². The van der Waals surface area contributed by atoms with Crippen molar-refractivity contribution in [2.75, 3.05) is 13.1 Å². The minimum Gasteiger partial charge on any atom is -0.343 e. The second-order valence-electron chi connectivity index (χ2n) is 4.97. The summed E-state index contributed by atoms with van der Waals surface area (Å²) in [6, 6.07) is -2.17. The van der Waals surface area contributed by atoms with Crippen molar-refractivity contribution >= 4 is 29.6 Å². The van der Waals surface area contributed by atoms with Crippen molar-refractivity contribution in [3.63, 3.8) is 0 Å². The molecule has 1 aliphatic rings. The minimum atomic E-state index is -2.77. The van der Waals surface area contributed by atoms with E-state index in [1.165, 1.54) is 4.90 Å². The van der Waals surface area contributed by atoms with Crippen LogP contribution < -0.4 is 11.1 Å². The van der Waals surface area contributed by atoms with Crippen LogP contribution in [0.5, 0.6) is 0 Å². The third-order valence-corrected chi connectivity index (χ3v) is 3.82. The number of nitrogens with one attached hydrogen (secondary N) is 1. The summed E-state index contributed by atoms with van der Waals surface area (Å²) in [6.45, 7) is 1.31. The van der Waals surface area contributed by atoms with Crippen LogP contribution >= 0.6 is 12.6 Å². The smallest absolute Gasteiger partial charge is 0.243 e. The lowest BCUT2D eigenvalue weighted by molar-refractivity contribution is -0.138. The molecule has 3 unspecified atom stereocenters. The Morgan fingerprint density at radius 3 is 2.52 bits per heavy atom. The normalized spacial score (nSPS) is 21.2. The largest absolute Gasteiger partial charge is 0.343 e. The van der Waals surface area contributed by atoms with Gasteiger partial charge in [0.1, 0.15) is 12.1 Å². The summed E-state index contributed by atoms with van der Waals surface area (Å²) >= 11 is 3.54. The van der Waals surface area contributed by atoms with E-state index < -0.39 is 35.4 Å². The summed E-state index contributed by atoms with van der Waals surface area (Å²) in [5, 5.41) is 1.43. The number of amides is 2. The number of hydrogen-bond acceptors (Lipinski definition) is 4. The molecule has 6 nitrogen and oxygen atoms in total. The van der Waals surface area contributed by atoms with Crippen LogP contribution in [0, 0.1) is 5.92 Å². The maximum absolute atomic E-state index is 12.7. The molecule has 21 heavy (non-hydrogen) atoms. The second-order valence-corrected chi connectivity index (χ2v) is 5.41. The lowest BCUT2D eigenvalue weighted by Crippen LogP contribution is -2.53. The zero-order valence-corrected chi connectivity index (χ0v) is 12.5. The fraction of sp³-hybridized carbons (Fsp3) is 0.750. The predicted octanol–water partition coefficient (Wildman–Crippen LogP) is -0.222. The highest BCUT2D eigenvalue weighted by molar-refractivity contribution is 7.96. The zero-order valence-electron chi connectivity index (χ0n) is 11.6. The highest BCUT2D eigenvalue weighted by Crippen LogP contribution is 2.20. The molecule has 0 spiro atoms. The van der Waals surface area contributed by atoms with E-state index in [4.69, 9.17) is 5.73 Å². The summed E-state index contributed by atoms with van der Waals surface area (Å²) in [6.07, 6.45) is -1.74. The molecule has 2 amide bonds. The van der Waals surface area contributed by atoms with Crippen LogP contribution in [0.25, 0.3) is 0 Å². The molecule has 1 fully saturated rings. The van der Waals surface area contributed by atoms with Crippen LogP contribution in [0.2, 0.25) is 0 Å². The number of carbonyl (C=O) groups excluding carboxylic acids is 3. The molecule has 0 bridgehead atoms. The van der Waals surface area contributed by atoms with Gasteiger partial charge in [0.2, 0.25) is 23.4 Å². The second kappa shape index (κ2) is 7.69. The Hall–Kier alpha value is -1.22. The van der Waals surface area contributed by atoms with E-state index in [2.05, 4.69) is 17.9 Å². The first-order valence-corrected chi connectivity index (χ1v) is 7.05. The molecule has 0 aromatic rings. The predicted molar refractivity (Wildman–Crippen MR) is 74.9 cm³/mol. The number of nitrogens with zero attached hydrogens (tertiary/aromatic N) is 1. The van der Waals surface area contributed by atoms with Crippen LogP contribution in [-0.4, -0.2) is 53.4 Å². The molecular formula is C12H19F2N3O3S. The van der Waals surface area contributed by atoms with Gasteiger partial charge < -0.3 is 16.0 Å². The van der Waals surface area contributed by atoms with Gasteiger partial charge in [0.25, 0.3) is 0 Å². The van der Waals surface area contributed by atoms with Crippen LogP contribution in [0.1, 0.15) is 19.8 Å². The first-order valence-electron chi connectivity index (χ1n) is 6.60. The van der Waals surface area contributed by atoms with Crippen molar-refractivity contribution in [3.05, 3.63) is 0 Å². The number of alkyl halides is 2. The first kappa shape index (κ1) is 17.8. The van der Waals surface area contributed by atoms with Gasteiger partial charge in [0.05, 0.1) is 6.54 Å². The van der Waals surface area contributed by atoms with Crippen molar-refractivity contribution in [2.24, 2.45) is 11.7 Å². The van der Waals surface area contributed by atoms with Crippen LogP contribution in [-0.2, 0) is 14.4 Å². The Labute approximate surface area is 126 Å². The third-order valence-electron chi connectivity index (χ3n) is 3.54. The van der Waals surface area contributed by atoms with Gasteiger partial charge in [-0.2, -0.15) is 0 Å². The van der Waals surface area contributed by atoms with Crippen LogP contribution in [0.15, 0.2) is 0 Å². The quantitative estimate of drug-likeness (QED) is 0.589. The SMILES string of the molecule is CC(C(F)F)C(NC(=O)C1CCCN1C(=O)CN)C(=O)S. The van der Waals surface area contributed by atoms with Crippen molar-refractivity contribution in [1.82, 2.24) is 10.2 Å². The summed E-state index contributed by atoms with van der Waals surface area (Å²) in [5.74, 6) is -2.38. The van der Waals surface area contributed by atoms with E-state index in [0.717, 1.165) is 6.92 Å². The third kappa shape index (κ3) is 4.37. The fourth-order valence-corrected chi connectivity index (χ4v) is 2.57. The van der Waals surface area contributed by atoms with Crippen molar-refractivity contribution in [3.8, 4) is 0 Å². The average Bonchev–Trinajstić information content (AvgIpc) is 2.91. The number of likely N-dealkylation sites (tertiary alicyclic amines) is 1. The molecule has 3 atom stereocenters. The summed E-state index contributed by atoms with van der Waals surface area (Å²) < 4.78 is 25.4. The standard InChI is InChI=1S/C12H19F2N3O3S/c1-6(10(13)14)9(12(20)21)16-11(19)7-3-2-4-17(7)8(18)5-15/h6-7,9-10H,2-5,15H2,1H3,(H,16,19)(H,20,21). The number of halogens is 2. The zero-order chi connectivity index (χ0) is 16.2. The average molecular weight is 323 g/mol. The van der Waals surface area contributed by atoms with Crippen LogP contribution in [0.3, 0.4) is 0 Å². The van der Waals surface area contributed by atoms with Gasteiger partial charge in [0.15, 0.2) is 0 Å². The van der Waals surface area contributed by atoms with Gasteiger partial charge in [-0.15, -0.1) is 12.6 Å². The van der Waals surface area contributed by atoms with Gasteiger partial charge in [-0.05, 0) is 12.8 Å². The lowest BCUT2D eigenvalue weighted by atomic mass is 10.0. The number of hydrogen-bond donors (Lipinski definition) is 3. The van der Waals surface area contributed by atoms with Crippen molar-refractivity contribution in [2.45, 2.75) is 38.3 Å². The summed E-state index contributed by atoms with van der Waals surface area (Å²) in [7, 11) is 0. The van der Waals surface area contributed by atoms with E-state index in [-0.39, 0.29) is 12.5 Å². The molecule has 0 saturated carbocycles. The molecule has 0 aliphatic carbocycles. The first-order chi connectivity index (χ1) is 9.79. The topological polar surface area (TPSA) is 92.5 Å². The van der Waals surface area contributed by atoms with E-state index in [0.29, 0.717) is 19.4 Å². The Balaban J connectivity index is 2.77. The minimum absolute atomic E-state index is 0.230. The summed E-state index contributed by atoms with van der Waals surface area (Å²) in [4.78, 5) is 36.4. The van der Waals surface area contributed by atoms with E-state index in [1.807, 2.05) is 0 Å². The fourth-order valence-electron chi connectivity index (χ4n) is 2.27. The summed E-state index contributed by atoms with van der Waals surface area (Å²) in [5.41, 5.74) is 5.26. The van der Waals surface area contributed by atoms with Gasteiger partial charge in [-0.3, -0.25) is 14.4 Å². The molecule has 0 radical (unpaired) electrons. The maximum atomic E-state index is 12.7. The monoisotopic (exact) mass is 323 g/mol. The Morgan fingerprint density at radius 2 is 2.05 bits per heavy atom. The van der Waals surface area contributed by atoms with Crippen molar-refractivity contribution < 1.29 is 23.2 Å². The molecular weight excluding hydrogens is 304 g/mol. The van der Waals surface area contributed by atoms with E-state index in [1.54, 1.807) is 0 Å². The Kier molecular flexibility index (Phi) is 6.53. The molecule has 9 heteroatoms. The molecule has 0 aromatic carbocycles. The van der Waals surface area contributed by atoms with Gasteiger partial charge in [0, 0.05) is 12.5 Å². The molecule has 1 aliphatic heterocycles. The molecule has 3 N–H and O–H groups in total. The molecule has 1 saturated heterocycles. The lowest BCUT2D eigenvalue weighted by Gasteiger charge is -2.27. The Bertz CT molecular complexity index is 423. The van der Waals surface area contributed by atoms with Gasteiger partial charge in [-0.1, -0.05) is 6.92 Å². The molecule has 120 valence electrons. The van der Waals surface area contributed by atoms with Gasteiger partial charge in [-0.25, -0.2) is 8.78 Å². The number of carbonyl (C=O) groups is 3. The molecule has 1 rings (SSSR count). The number of thiol groups is 1.